The molecule has 4 amide bonds. The maximum Gasteiger partial charge on any atom is 0.329 e. The fourth-order valence-electron chi connectivity index (χ4n) is 3.32. The summed E-state index contributed by atoms with van der Waals surface area (Å²) in [5.74, 6) is -2.24. The molecule has 0 spiro atoms. The first-order valence-electron chi connectivity index (χ1n) is 11.4. The summed E-state index contributed by atoms with van der Waals surface area (Å²) in [6, 6.07) is -2.73. The van der Waals surface area contributed by atoms with Gasteiger partial charge < -0.3 is 26.0 Å². The SMILES string of the molecule is CC(C)C1NC(=O)CC2/C=C/CCSSCC(NC1=O)C(=O)NCC(=O)NC(C(C)C)C(=O)O2. The minimum absolute atomic E-state index is 0.177. The van der Waals surface area contributed by atoms with E-state index in [2.05, 4.69) is 21.3 Å². The van der Waals surface area contributed by atoms with Crippen LogP contribution < -0.4 is 21.3 Å². The van der Waals surface area contributed by atoms with E-state index in [0.29, 0.717) is 6.42 Å². The Morgan fingerprint density at radius 2 is 1.56 bits per heavy atom. The van der Waals surface area contributed by atoms with Gasteiger partial charge in [-0.1, -0.05) is 55.4 Å². The van der Waals surface area contributed by atoms with Gasteiger partial charge in [0, 0.05) is 11.5 Å². The van der Waals surface area contributed by atoms with Crippen LogP contribution in [0.3, 0.4) is 0 Å². The highest BCUT2D eigenvalue weighted by Crippen LogP contribution is 2.23. The zero-order valence-corrected chi connectivity index (χ0v) is 21.6. The fraction of sp³-hybridized carbons (Fsp3) is 0.682. The Kier molecular flexibility index (Phi) is 11.2. The van der Waals surface area contributed by atoms with Crippen LogP contribution in [0.25, 0.3) is 0 Å². The molecule has 2 aliphatic heterocycles. The fourth-order valence-corrected chi connectivity index (χ4v) is 5.47. The number of hydrogen-bond acceptors (Lipinski definition) is 8. The molecule has 0 radical (unpaired) electrons. The van der Waals surface area contributed by atoms with Crippen molar-refractivity contribution in [3.63, 3.8) is 0 Å². The van der Waals surface area contributed by atoms with Crippen LogP contribution in [0, 0.1) is 11.8 Å². The van der Waals surface area contributed by atoms with E-state index in [-0.39, 0.29) is 30.6 Å². The monoisotopic (exact) mass is 514 g/mol. The van der Waals surface area contributed by atoms with Crippen LogP contribution in [-0.2, 0) is 28.7 Å². The van der Waals surface area contributed by atoms with Crippen molar-refractivity contribution in [3.05, 3.63) is 12.2 Å². The lowest BCUT2D eigenvalue weighted by Crippen LogP contribution is -2.57. The Balaban J connectivity index is 2.45. The van der Waals surface area contributed by atoms with E-state index in [9.17, 15) is 24.0 Å². The van der Waals surface area contributed by atoms with Crippen LogP contribution in [0.2, 0.25) is 0 Å². The smallest absolute Gasteiger partial charge is 0.329 e. The normalized spacial score (nSPS) is 29.4. The van der Waals surface area contributed by atoms with Crippen LogP contribution in [0.4, 0.5) is 0 Å². The predicted molar refractivity (Wildman–Crippen MR) is 132 cm³/mol. The number of amides is 4. The van der Waals surface area contributed by atoms with E-state index in [4.69, 9.17) is 4.74 Å². The van der Waals surface area contributed by atoms with E-state index < -0.39 is 53.8 Å². The highest BCUT2D eigenvalue weighted by atomic mass is 33.1. The Hall–Kier alpha value is -2.21. The number of fused-ring (bicyclic) bond motifs is 7. The van der Waals surface area contributed by atoms with Crippen molar-refractivity contribution in [2.24, 2.45) is 11.8 Å². The second-order valence-corrected chi connectivity index (χ2v) is 11.5. The largest absolute Gasteiger partial charge is 0.456 e. The van der Waals surface area contributed by atoms with Gasteiger partial charge in [-0.15, -0.1) is 0 Å². The molecule has 2 heterocycles. The summed E-state index contributed by atoms with van der Waals surface area (Å²) in [5, 5.41) is 10.6. The molecule has 0 aromatic rings. The molecule has 4 atom stereocenters. The van der Waals surface area contributed by atoms with Crippen LogP contribution in [0.15, 0.2) is 12.2 Å². The van der Waals surface area contributed by atoms with Crippen molar-refractivity contribution >= 4 is 51.2 Å². The van der Waals surface area contributed by atoms with E-state index in [1.165, 1.54) is 21.6 Å². The Bertz CT molecular complexity index is 804. The number of esters is 1. The van der Waals surface area contributed by atoms with E-state index in [1.807, 2.05) is 6.08 Å². The molecule has 0 aromatic heterocycles. The van der Waals surface area contributed by atoms with Crippen molar-refractivity contribution in [1.82, 2.24) is 21.3 Å². The highest BCUT2D eigenvalue weighted by molar-refractivity contribution is 8.76. The first kappa shape index (κ1) is 28.0. The molecule has 2 aliphatic rings. The molecule has 12 heteroatoms. The summed E-state index contributed by atoms with van der Waals surface area (Å²) in [6.45, 7) is 6.73. The number of rotatable bonds is 2. The standard InChI is InChI=1S/C22H34N4O6S2/c1-12(2)18-21(30)24-15-11-34-33-8-6-5-7-14(9-16(27)25-18)32-22(31)19(13(3)4)26-17(28)10-23-20(15)29/h5,7,12-15,18-19H,6,8-11H2,1-4H3,(H,23,29)(H,24,30)(H,25,27)(H,26,28)/b7-5+. The number of nitrogens with one attached hydrogen (secondary N) is 4. The highest BCUT2D eigenvalue weighted by Gasteiger charge is 2.32. The maximum atomic E-state index is 13.0. The van der Waals surface area contributed by atoms with Gasteiger partial charge in [-0.05, 0) is 24.3 Å². The van der Waals surface area contributed by atoms with Crippen LogP contribution in [0.1, 0.15) is 40.5 Å². The minimum atomic E-state index is -0.947. The molecular formula is C22H34N4O6S2. The molecule has 4 N–H and O–H groups in total. The zero-order chi connectivity index (χ0) is 25.3. The van der Waals surface area contributed by atoms with Gasteiger partial charge in [0.2, 0.25) is 23.6 Å². The third-order valence-electron chi connectivity index (χ3n) is 5.25. The van der Waals surface area contributed by atoms with Gasteiger partial charge in [-0.2, -0.15) is 0 Å². The average molecular weight is 515 g/mol. The van der Waals surface area contributed by atoms with Crippen molar-refractivity contribution < 1.29 is 28.7 Å². The number of ether oxygens (including phenoxy) is 1. The number of allylic oxidation sites excluding steroid dienone is 1. The zero-order valence-electron chi connectivity index (χ0n) is 19.9. The minimum Gasteiger partial charge on any atom is -0.456 e. The summed E-state index contributed by atoms with van der Waals surface area (Å²) >= 11 is 0. The number of hydrogen-bond donors (Lipinski definition) is 4. The van der Waals surface area contributed by atoms with Gasteiger partial charge >= 0.3 is 5.97 Å². The molecule has 0 aliphatic carbocycles. The first-order valence-corrected chi connectivity index (χ1v) is 13.9. The molecule has 10 nitrogen and oxygen atoms in total. The second kappa shape index (κ2) is 13.6. The lowest BCUT2D eigenvalue weighted by molar-refractivity contribution is -0.153. The van der Waals surface area contributed by atoms with E-state index in [0.717, 1.165) is 5.75 Å². The number of carbonyl (C=O) groups excluding carboxylic acids is 5. The maximum absolute atomic E-state index is 13.0. The van der Waals surface area contributed by atoms with Crippen molar-refractivity contribution in [2.45, 2.75) is 64.8 Å². The van der Waals surface area contributed by atoms with Gasteiger partial charge in [0.25, 0.3) is 0 Å². The Labute approximate surface area is 207 Å². The number of carbonyl (C=O) groups is 5. The summed E-state index contributed by atoms with van der Waals surface area (Å²) in [5.41, 5.74) is 0. The molecule has 2 bridgehead atoms. The van der Waals surface area contributed by atoms with Crippen LogP contribution >= 0.6 is 21.6 Å². The quantitative estimate of drug-likeness (QED) is 0.237. The van der Waals surface area contributed by atoms with Gasteiger partial charge in [-0.25, -0.2) is 4.79 Å². The van der Waals surface area contributed by atoms with Crippen LogP contribution in [-0.4, -0.2) is 71.9 Å². The Morgan fingerprint density at radius 3 is 2.24 bits per heavy atom. The van der Waals surface area contributed by atoms with E-state index >= 15 is 0 Å². The molecule has 34 heavy (non-hydrogen) atoms. The summed E-state index contributed by atoms with van der Waals surface area (Å²) < 4.78 is 5.60. The molecule has 0 aromatic carbocycles. The third kappa shape index (κ3) is 8.86. The molecule has 0 saturated carbocycles. The predicted octanol–water partition coefficient (Wildman–Crippen LogP) is 0.526. The van der Waals surface area contributed by atoms with E-state index in [1.54, 1.807) is 33.8 Å². The lowest BCUT2D eigenvalue weighted by atomic mass is 10.0. The van der Waals surface area contributed by atoms with Gasteiger partial charge in [0.1, 0.15) is 24.2 Å². The summed E-state index contributed by atoms with van der Waals surface area (Å²) in [7, 11) is 2.97. The van der Waals surface area contributed by atoms with Gasteiger partial charge in [0.15, 0.2) is 0 Å². The molecule has 1 fully saturated rings. The van der Waals surface area contributed by atoms with Gasteiger partial charge in [0.05, 0.1) is 13.0 Å². The van der Waals surface area contributed by atoms with Crippen molar-refractivity contribution in [2.75, 3.05) is 18.1 Å². The second-order valence-electron chi connectivity index (χ2n) is 8.86. The summed E-state index contributed by atoms with van der Waals surface area (Å²) in [6.07, 6.45) is 3.13. The first-order chi connectivity index (χ1) is 16.1. The van der Waals surface area contributed by atoms with Crippen molar-refractivity contribution in [3.8, 4) is 0 Å². The molecule has 190 valence electrons. The third-order valence-corrected chi connectivity index (χ3v) is 7.70. The topological polar surface area (TPSA) is 143 Å². The van der Waals surface area contributed by atoms with Crippen molar-refractivity contribution in [1.29, 1.82) is 0 Å². The molecule has 4 unspecified atom stereocenters. The van der Waals surface area contributed by atoms with Crippen LogP contribution in [0.5, 0.6) is 0 Å². The molecule has 1 saturated heterocycles. The Morgan fingerprint density at radius 1 is 0.882 bits per heavy atom. The van der Waals surface area contributed by atoms with Gasteiger partial charge in [-0.3, -0.25) is 19.2 Å². The lowest BCUT2D eigenvalue weighted by Gasteiger charge is -2.27. The summed E-state index contributed by atoms with van der Waals surface area (Å²) in [4.78, 5) is 64.0. The molecular weight excluding hydrogens is 480 g/mol. The average Bonchev–Trinajstić information content (AvgIpc) is 2.76. The molecule has 2 rings (SSSR count).